The van der Waals surface area contributed by atoms with Crippen LogP contribution in [0, 0.1) is 6.92 Å². The van der Waals surface area contributed by atoms with Gasteiger partial charge in [-0.2, -0.15) is 0 Å². The van der Waals surface area contributed by atoms with Crippen molar-refractivity contribution in [3.63, 3.8) is 0 Å². The first kappa shape index (κ1) is 23.5. The molecule has 172 valence electrons. The van der Waals surface area contributed by atoms with Crippen LogP contribution in [-0.2, 0) is 11.8 Å². The second-order valence-corrected chi connectivity index (χ2v) is 8.90. The number of benzene rings is 3. The molecule has 1 heterocycles. The Morgan fingerprint density at radius 1 is 0.941 bits per heavy atom. The van der Waals surface area contributed by atoms with Crippen LogP contribution >= 0.6 is 23.4 Å². The molecular formula is C25H22ClN5O2S. The van der Waals surface area contributed by atoms with Crippen LogP contribution in [0.5, 0.6) is 0 Å². The Morgan fingerprint density at radius 2 is 1.65 bits per heavy atom. The monoisotopic (exact) mass is 491 g/mol. The van der Waals surface area contributed by atoms with Gasteiger partial charge in [0.1, 0.15) is 0 Å². The maximum atomic E-state index is 12.8. The Morgan fingerprint density at radius 3 is 2.41 bits per heavy atom. The lowest BCUT2D eigenvalue weighted by Crippen LogP contribution is -2.19. The average Bonchev–Trinajstić information content (AvgIpc) is 3.20. The van der Waals surface area contributed by atoms with Crippen LogP contribution < -0.4 is 10.6 Å². The molecule has 9 heteroatoms. The molecule has 1 aromatic heterocycles. The zero-order valence-corrected chi connectivity index (χ0v) is 20.2. The number of anilines is 2. The molecule has 7 nitrogen and oxygen atoms in total. The van der Waals surface area contributed by atoms with Crippen molar-refractivity contribution in [3.05, 3.63) is 88.9 Å². The van der Waals surface area contributed by atoms with Gasteiger partial charge < -0.3 is 15.2 Å². The van der Waals surface area contributed by atoms with E-state index in [0.717, 1.165) is 17.0 Å². The van der Waals surface area contributed by atoms with Gasteiger partial charge in [0.2, 0.25) is 5.91 Å². The molecule has 0 fully saturated rings. The highest BCUT2D eigenvalue weighted by Gasteiger charge is 2.16. The highest BCUT2D eigenvalue weighted by Crippen LogP contribution is 2.25. The molecular weight excluding hydrogens is 470 g/mol. The van der Waals surface area contributed by atoms with Crippen molar-refractivity contribution in [2.75, 3.05) is 16.4 Å². The maximum absolute atomic E-state index is 12.8. The second-order valence-electron chi connectivity index (χ2n) is 7.52. The Kier molecular flexibility index (Phi) is 7.30. The van der Waals surface area contributed by atoms with Crippen LogP contribution in [0.1, 0.15) is 15.9 Å². The molecule has 2 amide bonds. The zero-order valence-electron chi connectivity index (χ0n) is 18.6. The molecule has 0 radical (unpaired) electrons. The summed E-state index contributed by atoms with van der Waals surface area (Å²) in [5, 5.41) is 15.4. The van der Waals surface area contributed by atoms with Crippen molar-refractivity contribution in [2.45, 2.75) is 12.1 Å². The molecule has 0 aliphatic carbocycles. The van der Waals surface area contributed by atoms with Gasteiger partial charge in [0.15, 0.2) is 11.0 Å². The minimum absolute atomic E-state index is 0.118. The summed E-state index contributed by atoms with van der Waals surface area (Å²) >= 11 is 7.18. The van der Waals surface area contributed by atoms with Gasteiger partial charge in [-0.3, -0.25) is 9.59 Å². The predicted molar refractivity (Wildman–Crippen MR) is 136 cm³/mol. The van der Waals surface area contributed by atoms with E-state index >= 15 is 0 Å². The number of thioether (sulfide) groups is 1. The van der Waals surface area contributed by atoms with Crippen LogP contribution in [-0.4, -0.2) is 32.3 Å². The quantitative estimate of drug-likeness (QED) is 0.337. The second kappa shape index (κ2) is 10.5. The van der Waals surface area contributed by atoms with Crippen molar-refractivity contribution in [1.82, 2.24) is 14.8 Å². The van der Waals surface area contributed by atoms with Crippen molar-refractivity contribution in [2.24, 2.45) is 7.05 Å². The zero-order chi connectivity index (χ0) is 24.1. The maximum Gasteiger partial charge on any atom is 0.257 e. The molecule has 2 N–H and O–H groups in total. The van der Waals surface area contributed by atoms with Gasteiger partial charge in [0.05, 0.1) is 17.0 Å². The molecule has 0 saturated carbocycles. The molecule has 3 aromatic carbocycles. The number of nitrogens with zero attached hydrogens (tertiary/aromatic N) is 3. The third-order valence-electron chi connectivity index (χ3n) is 5.10. The van der Waals surface area contributed by atoms with Crippen LogP contribution in [0.15, 0.2) is 78.0 Å². The summed E-state index contributed by atoms with van der Waals surface area (Å²) in [7, 11) is 1.87. The van der Waals surface area contributed by atoms with E-state index in [0.29, 0.717) is 27.1 Å². The van der Waals surface area contributed by atoms with Crippen molar-refractivity contribution < 1.29 is 9.59 Å². The Labute approximate surface area is 206 Å². The summed E-state index contributed by atoms with van der Waals surface area (Å²) in [6.45, 7) is 2.02. The summed E-state index contributed by atoms with van der Waals surface area (Å²) in [6.07, 6.45) is 0. The van der Waals surface area contributed by atoms with E-state index in [4.69, 9.17) is 11.6 Å². The number of nitrogens with one attached hydrogen (secondary N) is 2. The Balaban J connectivity index is 1.41. The first-order valence-corrected chi connectivity index (χ1v) is 11.8. The fraction of sp³-hybridized carbons (Fsp3) is 0.120. The molecule has 0 unspecified atom stereocenters. The van der Waals surface area contributed by atoms with Crippen molar-refractivity contribution >= 4 is 46.6 Å². The molecule has 0 aliphatic rings. The van der Waals surface area contributed by atoms with E-state index in [-0.39, 0.29) is 17.6 Å². The minimum Gasteiger partial charge on any atom is -0.325 e. The Hall–Kier alpha value is -3.62. The molecule has 0 atom stereocenters. The van der Waals surface area contributed by atoms with Crippen molar-refractivity contribution in [1.29, 1.82) is 0 Å². The number of aromatic nitrogens is 3. The van der Waals surface area contributed by atoms with Gasteiger partial charge in [-0.15, -0.1) is 10.2 Å². The summed E-state index contributed by atoms with van der Waals surface area (Å²) in [6, 6.07) is 21.6. The van der Waals surface area contributed by atoms with E-state index < -0.39 is 0 Å². The summed E-state index contributed by atoms with van der Waals surface area (Å²) in [5.74, 6) is 0.275. The summed E-state index contributed by atoms with van der Waals surface area (Å²) in [5.41, 5.74) is 3.49. The topological polar surface area (TPSA) is 88.9 Å². The van der Waals surface area contributed by atoms with Crippen molar-refractivity contribution in [3.8, 4) is 11.4 Å². The molecule has 4 aromatic rings. The average molecular weight is 492 g/mol. The largest absolute Gasteiger partial charge is 0.325 e. The number of aryl methyl sites for hydroxylation is 1. The fourth-order valence-electron chi connectivity index (χ4n) is 3.34. The normalized spacial score (nSPS) is 10.7. The lowest BCUT2D eigenvalue weighted by Gasteiger charge is -2.11. The number of amides is 2. The number of hydrogen-bond donors (Lipinski definition) is 2. The third kappa shape index (κ3) is 5.47. The van der Waals surface area contributed by atoms with E-state index in [2.05, 4.69) is 20.8 Å². The lowest BCUT2D eigenvalue weighted by molar-refractivity contribution is -0.113. The van der Waals surface area contributed by atoms with Crippen LogP contribution in [0.3, 0.4) is 0 Å². The number of hydrogen-bond acceptors (Lipinski definition) is 5. The van der Waals surface area contributed by atoms with Gasteiger partial charge in [-0.05, 0) is 48.9 Å². The van der Waals surface area contributed by atoms with Gasteiger partial charge in [-0.1, -0.05) is 59.8 Å². The predicted octanol–water partition coefficient (Wildman–Crippen LogP) is 5.43. The van der Waals surface area contributed by atoms with Crippen LogP contribution in [0.2, 0.25) is 5.02 Å². The standard InChI is InChI=1S/C25H22ClN5O2S/c1-16-7-3-4-8-19(16)23-29-30-25(31(23)2)34-15-22(32)28-21-10-6-5-9-20(21)24(33)27-18-13-11-17(26)12-14-18/h3-14H,15H2,1-2H3,(H,27,33)(H,28,32). The fourth-order valence-corrected chi connectivity index (χ4v) is 4.17. The molecule has 0 saturated heterocycles. The number of halogens is 1. The SMILES string of the molecule is Cc1ccccc1-c1nnc(SCC(=O)Nc2ccccc2C(=O)Nc2ccc(Cl)cc2)n1C. The minimum atomic E-state index is -0.331. The smallest absolute Gasteiger partial charge is 0.257 e. The molecule has 0 aliphatic heterocycles. The first-order chi connectivity index (χ1) is 16.4. The highest BCUT2D eigenvalue weighted by molar-refractivity contribution is 7.99. The van der Waals surface area contributed by atoms with E-state index in [1.165, 1.54) is 11.8 Å². The van der Waals surface area contributed by atoms with Gasteiger partial charge in [-0.25, -0.2) is 0 Å². The number of rotatable bonds is 7. The van der Waals surface area contributed by atoms with Gasteiger partial charge in [0, 0.05) is 23.3 Å². The van der Waals surface area contributed by atoms with Gasteiger partial charge in [0.25, 0.3) is 5.91 Å². The van der Waals surface area contributed by atoms with Crippen LogP contribution in [0.4, 0.5) is 11.4 Å². The van der Waals surface area contributed by atoms with Gasteiger partial charge >= 0.3 is 0 Å². The van der Waals surface area contributed by atoms with E-state index in [9.17, 15) is 9.59 Å². The summed E-state index contributed by atoms with van der Waals surface area (Å²) < 4.78 is 1.87. The number of carbonyl (C=O) groups excluding carboxylic acids is 2. The van der Waals surface area contributed by atoms with E-state index in [1.54, 1.807) is 48.5 Å². The lowest BCUT2D eigenvalue weighted by atomic mass is 10.1. The number of para-hydroxylation sites is 1. The van der Waals surface area contributed by atoms with E-state index in [1.807, 2.05) is 42.8 Å². The molecule has 0 spiro atoms. The molecule has 0 bridgehead atoms. The molecule has 34 heavy (non-hydrogen) atoms. The first-order valence-electron chi connectivity index (χ1n) is 10.5. The Bertz CT molecular complexity index is 1340. The third-order valence-corrected chi connectivity index (χ3v) is 6.37. The highest BCUT2D eigenvalue weighted by atomic mass is 35.5. The van der Waals surface area contributed by atoms with Crippen LogP contribution in [0.25, 0.3) is 11.4 Å². The number of carbonyl (C=O) groups is 2. The summed E-state index contributed by atoms with van der Waals surface area (Å²) in [4.78, 5) is 25.4. The molecule has 4 rings (SSSR count).